The van der Waals surface area contributed by atoms with Crippen molar-refractivity contribution in [1.82, 2.24) is 24.5 Å². The van der Waals surface area contributed by atoms with Crippen molar-refractivity contribution in [1.29, 1.82) is 0 Å². The van der Waals surface area contributed by atoms with E-state index in [0.717, 1.165) is 54.5 Å². The van der Waals surface area contributed by atoms with E-state index in [1.807, 2.05) is 0 Å². The molecular weight excluding hydrogens is 362 g/mol. The van der Waals surface area contributed by atoms with Crippen LogP contribution in [0.2, 0.25) is 0 Å². The molecule has 0 N–H and O–H groups in total. The Balaban J connectivity index is 1.36. The number of hydrogen-bond acceptors (Lipinski definition) is 6. The average Bonchev–Trinajstić information content (AvgIpc) is 3.33. The van der Waals surface area contributed by atoms with Crippen molar-refractivity contribution >= 4 is 22.7 Å². The van der Waals surface area contributed by atoms with Gasteiger partial charge in [-0.3, -0.25) is 0 Å². The first kappa shape index (κ1) is 18.3. The molecule has 3 aromatic rings. The van der Waals surface area contributed by atoms with Gasteiger partial charge in [-0.1, -0.05) is 20.8 Å². The Morgan fingerprint density at radius 3 is 2.21 bits per heavy atom. The molecular formula is C22H29N7. The van der Waals surface area contributed by atoms with E-state index in [1.54, 1.807) is 12.7 Å². The summed E-state index contributed by atoms with van der Waals surface area (Å²) in [7, 11) is 2.10. The van der Waals surface area contributed by atoms with Crippen LogP contribution < -0.4 is 9.80 Å². The topological polar surface area (TPSA) is 63.0 Å². The first-order chi connectivity index (χ1) is 13.8. The minimum atomic E-state index is 0.0374. The van der Waals surface area contributed by atoms with Crippen molar-refractivity contribution in [3.63, 3.8) is 0 Å². The Morgan fingerprint density at radius 2 is 1.52 bits per heavy atom. The molecule has 7 heteroatoms. The van der Waals surface area contributed by atoms with Crippen LogP contribution in [-0.4, -0.2) is 50.7 Å². The summed E-state index contributed by atoms with van der Waals surface area (Å²) in [4.78, 5) is 23.1. The van der Waals surface area contributed by atoms with Gasteiger partial charge in [0.25, 0.3) is 0 Å². The van der Waals surface area contributed by atoms with E-state index in [0.29, 0.717) is 11.8 Å². The van der Waals surface area contributed by atoms with Gasteiger partial charge in [-0.05, 0) is 13.0 Å². The molecule has 152 valence electrons. The molecule has 0 aromatic carbocycles. The number of hydrogen-bond donors (Lipinski definition) is 0. The van der Waals surface area contributed by atoms with Crippen LogP contribution in [0.4, 0.5) is 11.6 Å². The third-order valence-electron chi connectivity index (χ3n) is 6.57. The molecule has 5 heterocycles. The highest BCUT2D eigenvalue weighted by Crippen LogP contribution is 2.37. The maximum atomic E-state index is 4.67. The number of aryl methyl sites for hydroxylation is 2. The molecule has 0 radical (unpaired) electrons. The van der Waals surface area contributed by atoms with E-state index in [1.165, 1.54) is 5.69 Å². The fourth-order valence-electron chi connectivity index (χ4n) is 4.80. The van der Waals surface area contributed by atoms with Crippen molar-refractivity contribution in [3.05, 3.63) is 36.2 Å². The summed E-state index contributed by atoms with van der Waals surface area (Å²) in [5.41, 5.74) is 4.53. The van der Waals surface area contributed by atoms with Crippen LogP contribution in [-0.2, 0) is 12.5 Å². The van der Waals surface area contributed by atoms with Gasteiger partial charge in [0.2, 0.25) is 0 Å². The molecule has 29 heavy (non-hydrogen) atoms. The van der Waals surface area contributed by atoms with Crippen LogP contribution in [0.5, 0.6) is 0 Å². The van der Waals surface area contributed by atoms with Crippen LogP contribution in [0.1, 0.15) is 32.2 Å². The minimum absolute atomic E-state index is 0.0374. The van der Waals surface area contributed by atoms with Gasteiger partial charge in [0.15, 0.2) is 5.82 Å². The quantitative estimate of drug-likeness (QED) is 0.669. The standard InChI is InChI=1S/C22H29N7/c1-14-6-17-20(27(14)5)21(26-12-23-17)29-10-15-8-28(9-16(15)11-29)19-7-18(22(2,3)4)24-13-25-19/h6-7,12-13,15-16H,8-11H2,1-5H3. The Bertz CT molecular complexity index is 1050. The lowest BCUT2D eigenvalue weighted by Crippen LogP contribution is -2.30. The van der Waals surface area contributed by atoms with E-state index in [4.69, 9.17) is 0 Å². The predicted molar refractivity (Wildman–Crippen MR) is 115 cm³/mol. The second-order valence-electron chi connectivity index (χ2n) is 9.62. The fraction of sp³-hybridized carbons (Fsp3) is 0.545. The minimum Gasteiger partial charge on any atom is -0.356 e. The van der Waals surface area contributed by atoms with Crippen molar-refractivity contribution in [2.75, 3.05) is 36.0 Å². The summed E-state index contributed by atoms with van der Waals surface area (Å²) < 4.78 is 2.21. The third kappa shape index (κ3) is 3.03. The number of anilines is 2. The summed E-state index contributed by atoms with van der Waals surface area (Å²) in [6.07, 6.45) is 3.41. The monoisotopic (exact) mass is 391 g/mol. The molecule has 0 spiro atoms. The molecule has 2 aliphatic rings. The van der Waals surface area contributed by atoms with E-state index in [2.05, 4.69) is 81.2 Å². The molecule has 2 fully saturated rings. The van der Waals surface area contributed by atoms with Crippen LogP contribution >= 0.6 is 0 Å². The van der Waals surface area contributed by atoms with Crippen LogP contribution in [0.25, 0.3) is 11.0 Å². The van der Waals surface area contributed by atoms with E-state index in [9.17, 15) is 0 Å². The number of fused-ring (bicyclic) bond motifs is 2. The maximum absolute atomic E-state index is 4.67. The lowest BCUT2D eigenvalue weighted by Gasteiger charge is -2.25. The molecule has 3 aromatic heterocycles. The fourth-order valence-corrected chi connectivity index (χ4v) is 4.80. The first-order valence-corrected chi connectivity index (χ1v) is 10.4. The number of nitrogens with zero attached hydrogens (tertiary/aromatic N) is 7. The van der Waals surface area contributed by atoms with Crippen molar-refractivity contribution in [2.24, 2.45) is 18.9 Å². The lowest BCUT2D eigenvalue weighted by atomic mass is 9.92. The summed E-state index contributed by atoms with van der Waals surface area (Å²) in [5.74, 6) is 3.40. The SMILES string of the molecule is Cc1cc2ncnc(N3CC4CN(c5cc(C(C)(C)C)ncn5)CC4C3)c2n1C. The zero-order valence-electron chi connectivity index (χ0n) is 17.9. The lowest BCUT2D eigenvalue weighted by molar-refractivity contribution is 0.533. The molecule has 0 saturated carbocycles. The van der Waals surface area contributed by atoms with Crippen LogP contribution in [0.15, 0.2) is 24.8 Å². The summed E-state index contributed by atoms with van der Waals surface area (Å²) in [6.45, 7) is 12.9. The molecule has 0 amide bonds. The maximum Gasteiger partial charge on any atom is 0.156 e. The Kier molecular flexibility index (Phi) is 4.05. The molecule has 2 aliphatic heterocycles. The molecule has 7 nitrogen and oxygen atoms in total. The Labute approximate surface area is 171 Å². The van der Waals surface area contributed by atoms with Gasteiger partial charge in [-0.25, -0.2) is 19.9 Å². The van der Waals surface area contributed by atoms with Crippen molar-refractivity contribution < 1.29 is 0 Å². The second kappa shape index (κ2) is 6.40. The van der Waals surface area contributed by atoms with Crippen molar-refractivity contribution in [2.45, 2.75) is 33.1 Å². The van der Waals surface area contributed by atoms with Gasteiger partial charge in [-0.2, -0.15) is 0 Å². The van der Waals surface area contributed by atoms with Gasteiger partial charge < -0.3 is 14.4 Å². The smallest absolute Gasteiger partial charge is 0.156 e. The number of aromatic nitrogens is 5. The zero-order valence-corrected chi connectivity index (χ0v) is 17.9. The molecule has 5 rings (SSSR count). The molecule has 2 saturated heterocycles. The van der Waals surface area contributed by atoms with Gasteiger partial charge in [0.05, 0.1) is 11.2 Å². The highest BCUT2D eigenvalue weighted by atomic mass is 15.3. The highest BCUT2D eigenvalue weighted by Gasteiger charge is 2.41. The van der Waals surface area contributed by atoms with E-state index < -0.39 is 0 Å². The summed E-state index contributed by atoms with van der Waals surface area (Å²) in [6, 6.07) is 4.31. The number of rotatable bonds is 2. The molecule has 2 unspecified atom stereocenters. The van der Waals surface area contributed by atoms with Crippen LogP contribution in [0, 0.1) is 18.8 Å². The Hall–Kier alpha value is -2.70. The Morgan fingerprint density at radius 1 is 0.862 bits per heavy atom. The van der Waals surface area contributed by atoms with Crippen molar-refractivity contribution in [3.8, 4) is 0 Å². The van der Waals surface area contributed by atoms with Gasteiger partial charge >= 0.3 is 0 Å². The predicted octanol–water partition coefficient (Wildman–Crippen LogP) is 2.94. The van der Waals surface area contributed by atoms with Gasteiger partial charge in [0, 0.05) is 62.2 Å². The second-order valence-corrected chi connectivity index (χ2v) is 9.62. The molecule has 2 atom stereocenters. The molecule has 0 bridgehead atoms. The van der Waals surface area contributed by atoms with Crippen LogP contribution in [0.3, 0.4) is 0 Å². The van der Waals surface area contributed by atoms with E-state index in [-0.39, 0.29) is 5.41 Å². The summed E-state index contributed by atoms with van der Waals surface area (Å²) >= 11 is 0. The molecule has 0 aliphatic carbocycles. The highest BCUT2D eigenvalue weighted by molar-refractivity contribution is 5.87. The van der Waals surface area contributed by atoms with E-state index >= 15 is 0 Å². The zero-order chi connectivity index (χ0) is 20.3. The summed E-state index contributed by atoms with van der Waals surface area (Å²) in [5, 5.41) is 0. The largest absolute Gasteiger partial charge is 0.356 e. The normalized spacial score (nSPS) is 22.0. The average molecular weight is 392 g/mol. The first-order valence-electron chi connectivity index (χ1n) is 10.4. The third-order valence-corrected chi connectivity index (χ3v) is 6.57. The van der Waals surface area contributed by atoms with Gasteiger partial charge in [-0.15, -0.1) is 0 Å². The van der Waals surface area contributed by atoms with Gasteiger partial charge in [0.1, 0.15) is 24.0 Å².